The van der Waals surface area contributed by atoms with Crippen LogP contribution in [0.3, 0.4) is 0 Å². The number of rotatable bonds is 10. The van der Waals surface area contributed by atoms with E-state index in [9.17, 15) is 4.79 Å². The molecule has 132 valence electrons. The summed E-state index contributed by atoms with van der Waals surface area (Å²) in [7, 11) is 0. The molecule has 0 saturated carbocycles. The Labute approximate surface area is 150 Å². The van der Waals surface area contributed by atoms with Gasteiger partial charge < -0.3 is 0 Å². The molecule has 1 aromatic carbocycles. The standard InChI is InChI=1S/C9H5O2.3C4H9.Sn/c10-9-6-5-7-3-1-2-4-8(7)11-9;3*1-3-4-2;/h1-5H;3*1,3-4H2,2H3;. The molecule has 0 unspecified atom stereocenters. The molecule has 1 aromatic heterocycles. The molecule has 0 amide bonds. The van der Waals surface area contributed by atoms with Crippen LogP contribution in [0.25, 0.3) is 11.0 Å². The summed E-state index contributed by atoms with van der Waals surface area (Å²) < 4.78 is 10.8. The van der Waals surface area contributed by atoms with Crippen LogP contribution in [-0.4, -0.2) is 18.4 Å². The summed E-state index contributed by atoms with van der Waals surface area (Å²) in [6.07, 6.45) is 7.43. The Kier molecular flexibility index (Phi) is 7.86. The number of unbranched alkanes of at least 4 members (excludes halogenated alkanes) is 3. The van der Waals surface area contributed by atoms with Crippen molar-refractivity contribution in [3.8, 4) is 0 Å². The van der Waals surface area contributed by atoms with Crippen molar-refractivity contribution in [3.05, 3.63) is 40.8 Å². The van der Waals surface area contributed by atoms with Crippen LogP contribution in [0.4, 0.5) is 0 Å². The Bertz CT molecular complexity index is 668. The minimum absolute atomic E-state index is 0.0344. The van der Waals surface area contributed by atoms with Gasteiger partial charge in [0.05, 0.1) is 0 Å². The van der Waals surface area contributed by atoms with Crippen LogP contribution in [0, 0.1) is 0 Å². The van der Waals surface area contributed by atoms with Gasteiger partial charge in [-0.2, -0.15) is 0 Å². The molecule has 0 radical (unpaired) electrons. The summed E-state index contributed by atoms with van der Waals surface area (Å²) in [5.74, 6) is 0. The van der Waals surface area contributed by atoms with Crippen molar-refractivity contribution in [1.82, 2.24) is 0 Å². The van der Waals surface area contributed by atoms with Crippen molar-refractivity contribution in [2.24, 2.45) is 0 Å². The van der Waals surface area contributed by atoms with Crippen molar-refractivity contribution < 1.29 is 4.42 Å². The topological polar surface area (TPSA) is 30.2 Å². The van der Waals surface area contributed by atoms with E-state index >= 15 is 0 Å². The van der Waals surface area contributed by atoms with Gasteiger partial charge in [0.25, 0.3) is 0 Å². The Morgan fingerprint density at radius 3 is 1.96 bits per heavy atom. The van der Waals surface area contributed by atoms with Gasteiger partial charge >= 0.3 is 151 Å². The first-order chi connectivity index (χ1) is 11.7. The molecule has 2 aromatic rings. The first-order valence-corrected chi connectivity index (χ1v) is 17.2. The van der Waals surface area contributed by atoms with E-state index in [0.717, 1.165) is 14.5 Å². The van der Waals surface area contributed by atoms with Crippen molar-refractivity contribution in [3.63, 3.8) is 0 Å². The number of hydrogen-bond acceptors (Lipinski definition) is 2. The second-order valence-electron chi connectivity index (χ2n) is 7.08. The van der Waals surface area contributed by atoms with Gasteiger partial charge in [0.15, 0.2) is 0 Å². The monoisotopic (exact) mass is 436 g/mol. The third-order valence-electron chi connectivity index (χ3n) is 5.24. The first-order valence-electron chi connectivity index (χ1n) is 9.70. The molecular formula is C21H32O2Sn. The molecule has 3 heteroatoms. The Morgan fingerprint density at radius 2 is 1.42 bits per heavy atom. The van der Waals surface area contributed by atoms with E-state index in [1.54, 1.807) is 0 Å². The van der Waals surface area contributed by atoms with Gasteiger partial charge in [0.2, 0.25) is 0 Å². The molecule has 0 aliphatic heterocycles. The fourth-order valence-electron chi connectivity index (χ4n) is 3.76. The van der Waals surface area contributed by atoms with E-state index in [2.05, 4.69) is 32.9 Å². The van der Waals surface area contributed by atoms with E-state index in [1.807, 2.05) is 18.2 Å². The zero-order valence-electron chi connectivity index (χ0n) is 15.6. The number of benzene rings is 1. The van der Waals surface area contributed by atoms with Crippen molar-refractivity contribution in [2.45, 2.75) is 72.6 Å². The zero-order valence-corrected chi connectivity index (χ0v) is 18.4. The number of para-hydroxylation sites is 1. The fraction of sp³-hybridized carbons (Fsp3) is 0.571. The molecule has 2 nitrogen and oxygen atoms in total. The van der Waals surface area contributed by atoms with E-state index in [-0.39, 0.29) is 5.63 Å². The molecule has 0 aliphatic rings. The van der Waals surface area contributed by atoms with Crippen LogP contribution in [0.5, 0.6) is 0 Å². The second-order valence-corrected chi connectivity index (χ2v) is 20.2. The van der Waals surface area contributed by atoms with Gasteiger partial charge in [-0.1, -0.05) is 0 Å². The predicted octanol–water partition coefficient (Wildman–Crippen LogP) is 5.85. The summed E-state index contributed by atoms with van der Waals surface area (Å²) in [6.45, 7) is 6.79. The van der Waals surface area contributed by atoms with E-state index in [0.29, 0.717) is 0 Å². The van der Waals surface area contributed by atoms with Crippen molar-refractivity contribution in [2.75, 3.05) is 0 Å². The van der Waals surface area contributed by atoms with Crippen LogP contribution in [0.1, 0.15) is 59.3 Å². The third-order valence-corrected chi connectivity index (χ3v) is 20.7. The zero-order chi connectivity index (χ0) is 17.4. The van der Waals surface area contributed by atoms with E-state index in [4.69, 9.17) is 4.42 Å². The SMILES string of the molecule is CCC[CH2][Sn]([CH2]CCC)([CH2]CCC)[c]1cc2ccccc2oc1=O. The molecule has 0 bridgehead atoms. The molecule has 0 spiro atoms. The second kappa shape index (κ2) is 9.64. The van der Waals surface area contributed by atoms with Gasteiger partial charge in [-0.25, -0.2) is 0 Å². The third kappa shape index (κ3) is 4.65. The summed E-state index contributed by atoms with van der Waals surface area (Å²) in [5.41, 5.74) is 0.695. The van der Waals surface area contributed by atoms with E-state index in [1.165, 1.54) is 51.8 Å². The maximum atomic E-state index is 12.9. The number of hydrogen-bond donors (Lipinski definition) is 0. The maximum absolute atomic E-state index is 12.9. The van der Waals surface area contributed by atoms with Crippen LogP contribution >= 0.6 is 0 Å². The predicted molar refractivity (Wildman–Crippen MR) is 107 cm³/mol. The van der Waals surface area contributed by atoms with Crippen molar-refractivity contribution >= 4 is 32.9 Å². The van der Waals surface area contributed by atoms with Crippen molar-refractivity contribution in [1.29, 1.82) is 0 Å². The van der Waals surface area contributed by atoms with Gasteiger partial charge in [-0.3, -0.25) is 0 Å². The number of fused-ring (bicyclic) bond motifs is 1. The molecule has 0 N–H and O–H groups in total. The first kappa shape index (κ1) is 19.6. The van der Waals surface area contributed by atoms with Crippen LogP contribution in [-0.2, 0) is 0 Å². The molecule has 0 aliphatic carbocycles. The summed E-state index contributed by atoms with van der Waals surface area (Å²) in [5, 5.41) is 1.10. The molecule has 0 atom stereocenters. The average Bonchev–Trinajstić information content (AvgIpc) is 2.61. The normalized spacial score (nSPS) is 12.0. The quantitative estimate of drug-likeness (QED) is 0.346. The van der Waals surface area contributed by atoms with Gasteiger partial charge in [0.1, 0.15) is 0 Å². The molecule has 24 heavy (non-hydrogen) atoms. The summed E-state index contributed by atoms with van der Waals surface area (Å²) >= 11 is -2.71. The van der Waals surface area contributed by atoms with Crippen LogP contribution in [0.2, 0.25) is 13.3 Å². The Balaban J connectivity index is 2.53. The molecule has 0 fully saturated rings. The molecule has 2 rings (SSSR count). The Morgan fingerprint density at radius 1 is 0.875 bits per heavy atom. The minimum atomic E-state index is -2.71. The van der Waals surface area contributed by atoms with Crippen LogP contribution in [0.15, 0.2) is 39.5 Å². The summed E-state index contributed by atoms with van der Waals surface area (Å²) in [4.78, 5) is 12.9. The van der Waals surface area contributed by atoms with E-state index < -0.39 is 18.4 Å². The molecule has 1 heterocycles. The Hall–Kier alpha value is -0.771. The van der Waals surface area contributed by atoms with Gasteiger partial charge in [0, 0.05) is 0 Å². The van der Waals surface area contributed by atoms with Gasteiger partial charge in [-0.15, -0.1) is 0 Å². The fourth-order valence-corrected chi connectivity index (χ4v) is 19.7. The van der Waals surface area contributed by atoms with Gasteiger partial charge in [-0.05, 0) is 0 Å². The average molecular weight is 435 g/mol. The molecular weight excluding hydrogens is 403 g/mol. The molecule has 0 saturated heterocycles. The van der Waals surface area contributed by atoms with Crippen LogP contribution < -0.4 is 9.20 Å². The summed E-state index contributed by atoms with van der Waals surface area (Å²) in [6, 6.07) is 10.2.